The molecule has 0 heterocycles. The van der Waals surface area contributed by atoms with Crippen LogP contribution >= 0.6 is 11.8 Å². The molecule has 0 radical (unpaired) electrons. The maximum Gasteiger partial charge on any atom is 0.243 e. The second kappa shape index (κ2) is 14.1. The highest BCUT2D eigenvalue weighted by Crippen LogP contribution is 2.24. The van der Waals surface area contributed by atoms with Gasteiger partial charge in [-0.2, -0.15) is 11.8 Å². The Kier molecular flexibility index (Phi) is 13.6. The molecule has 0 aliphatic rings. The van der Waals surface area contributed by atoms with E-state index in [0.29, 0.717) is 24.3 Å². The standard InChI is InChI=1S/C23H45N3O3S/c1-22(2,3)19(27)17-18(21(29)25-15-14-24-7)26(8)20(28)13-11-9-10-12-16-30-23(4,5)6/h18,24H,9-17H2,1-8H3,(H,25,29). The van der Waals surface area contributed by atoms with Gasteiger partial charge in [0, 0.05) is 43.1 Å². The summed E-state index contributed by atoms with van der Waals surface area (Å²) in [5.41, 5.74) is -0.543. The minimum absolute atomic E-state index is 0.0211. The van der Waals surface area contributed by atoms with Crippen LogP contribution in [0.15, 0.2) is 0 Å². The highest BCUT2D eigenvalue weighted by molar-refractivity contribution is 8.00. The van der Waals surface area contributed by atoms with Crippen LogP contribution in [0, 0.1) is 5.41 Å². The summed E-state index contributed by atoms with van der Waals surface area (Å²) in [6, 6.07) is -0.760. The van der Waals surface area contributed by atoms with E-state index in [-0.39, 0.29) is 24.0 Å². The minimum atomic E-state index is -0.760. The fraction of sp³-hybridized carbons (Fsp3) is 0.870. The van der Waals surface area contributed by atoms with Gasteiger partial charge < -0.3 is 15.5 Å². The minimum Gasteiger partial charge on any atom is -0.353 e. The Hall–Kier alpha value is -1.08. The molecule has 7 heteroatoms. The lowest BCUT2D eigenvalue weighted by Crippen LogP contribution is -2.50. The molecule has 2 N–H and O–H groups in total. The maximum absolute atomic E-state index is 12.7. The van der Waals surface area contributed by atoms with E-state index < -0.39 is 11.5 Å². The number of nitrogens with one attached hydrogen (secondary N) is 2. The number of nitrogens with zero attached hydrogens (tertiary/aromatic N) is 1. The fourth-order valence-electron chi connectivity index (χ4n) is 2.78. The van der Waals surface area contributed by atoms with Gasteiger partial charge in [0.2, 0.25) is 11.8 Å². The SMILES string of the molecule is CNCCNC(=O)C(CC(=O)C(C)(C)C)N(C)C(=O)CCCCCCSC(C)(C)C. The molecule has 0 aliphatic heterocycles. The van der Waals surface area contributed by atoms with Crippen molar-refractivity contribution >= 4 is 29.4 Å². The molecule has 2 amide bonds. The number of hydrogen-bond acceptors (Lipinski definition) is 5. The molecular formula is C23H45N3O3S. The zero-order valence-corrected chi connectivity index (χ0v) is 21.3. The molecule has 0 aromatic rings. The van der Waals surface area contributed by atoms with E-state index in [9.17, 15) is 14.4 Å². The van der Waals surface area contributed by atoms with Crippen LogP contribution in [0.3, 0.4) is 0 Å². The monoisotopic (exact) mass is 443 g/mol. The summed E-state index contributed by atoms with van der Waals surface area (Å²) < 4.78 is 0.298. The Morgan fingerprint density at radius 3 is 2.07 bits per heavy atom. The van der Waals surface area contributed by atoms with Crippen molar-refractivity contribution in [3.8, 4) is 0 Å². The number of amides is 2. The number of carbonyl (C=O) groups is 3. The molecule has 176 valence electrons. The average molecular weight is 444 g/mol. The predicted octanol–water partition coefficient (Wildman–Crippen LogP) is 3.64. The molecule has 0 fully saturated rings. The summed E-state index contributed by atoms with van der Waals surface area (Å²) in [5.74, 6) is 0.779. The number of ketones is 1. The zero-order valence-electron chi connectivity index (χ0n) is 20.5. The van der Waals surface area contributed by atoms with Gasteiger partial charge in [-0.15, -0.1) is 0 Å². The molecule has 0 aromatic heterocycles. The van der Waals surface area contributed by atoms with E-state index in [1.54, 1.807) is 7.05 Å². The van der Waals surface area contributed by atoms with Crippen molar-refractivity contribution in [2.75, 3.05) is 32.9 Å². The maximum atomic E-state index is 12.7. The largest absolute Gasteiger partial charge is 0.353 e. The van der Waals surface area contributed by atoms with Crippen molar-refractivity contribution in [3.05, 3.63) is 0 Å². The molecule has 30 heavy (non-hydrogen) atoms. The second-order valence-electron chi connectivity index (χ2n) is 9.92. The van der Waals surface area contributed by atoms with E-state index in [1.165, 1.54) is 4.90 Å². The Balaban J connectivity index is 4.64. The Bertz CT molecular complexity index is 539. The predicted molar refractivity (Wildman–Crippen MR) is 128 cm³/mol. The number of rotatable bonds is 14. The first-order valence-electron chi connectivity index (χ1n) is 11.1. The Morgan fingerprint density at radius 2 is 1.53 bits per heavy atom. The lowest BCUT2D eigenvalue weighted by Gasteiger charge is -2.29. The average Bonchev–Trinajstić information content (AvgIpc) is 2.62. The molecule has 6 nitrogen and oxygen atoms in total. The molecule has 0 bridgehead atoms. The molecule has 0 saturated carbocycles. The van der Waals surface area contributed by atoms with E-state index in [4.69, 9.17) is 0 Å². The van der Waals surface area contributed by atoms with E-state index in [0.717, 1.165) is 31.4 Å². The van der Waals surface area contributed by atoms with Crippen LogP contribution < -0.4 is 10.6 Å². The first kappa shape index (κ1) is 28.9. The summed E-state index contributed by atoms with van der Waals surface area (Å²) >= 11 is 1.97. The molecule has 1 unspecified atom stereocenters. The first-order valence-corrected chi connectivity index (χ1v) is 12.1. The highest BCUT2D eigenvalue weighted by atomic mass is 32.2. The van der Waals surface area contributed by atoms with Gasteiger partial charge in [-0.05, 0) is 25.6 Å². The van der Waals surface area contributed by atoms with Gasteiger partial charge >= 0.3 is 0 Å². The number of thioether (sulfide) groups is 1. The van der Waals surface area contributed by atoms with E-state index in [1.807, 2.05) is 39.6 Å². The summed E-state index contributed by atoms with van der Waals surface area (Å²) in [5, 5.41) is 5.80. The highest BCUT2D eigenvalue weighted by Gasteiger charge is 2.32. The number of hydrogen-bond donors (Lipinski definition) is 2. The quantitative estimate of drug-likeness (QED) is 0.401. The molecule has 0 aromatic carbocycles. The van der Waals surface area contributed by atoms with Crippen molar-refractivity contribution < 1.29 is 14.4 Å². The normalized spacial score (nSPS) is 13.1. The smallest absolute Gasteiger partial charge is 0.243 e. The van der Waals surface area contributed by atoms with E-state index >= 15 is 0 Å². The van der Waals surface area contributed by atoms with Gasteiger partial charge in [0.15, 0.2) is 0 Å². The van der Waals surface area contributed by atoms with Gasteiger partial charge in [0.1, 0.15) is 11.8 Å². The van der Waals surface area contributed by atoms with Crippen LogP contribution in [0.1, 0.15) is 80.1 Å². The summed E-state index contributed by atoms with van der Waals surface area (Å²) in [4.78, 5) is 39.4. The summed E-state index contributed by atoms with van der Waals surface area (Å²) in [7, 11) is 3.45. The summed E-state index contributed by atoms with van der Waals surface area (Å²) in [6.45, 7) is 13.3. The van der Waals surface area contributed by atoms with Crippen LogP contribution in [0.2, 0.25) is 0 Å². The third-order valence-electron chi connectivity index (χ3n) is 4.87. The lowest BCUT2D eigenvalue weighted by molar-refractivity contribution is -0.141. The van der Waals surface area contributed by atoms with Crippen molar-refractivity contribution in [2.24, 2.45) is 5.41 Å². The number of unbranched alkanes of at least 4 members (excludes halogenated alkanes) is 3. The van der Waals surface area contributed by atoms with Crippen molar-refractivity contribution in [1.82, 2.24) is 15.5 Å². The van der Waals surface area contributed by atoms with E-state index in [2.05, 4.69) is 31.4 Å². The van der Waals surface area contributed by atoms with Gasteiger partial charge in [0.25, 0.3) is 0 Å². The Labute approximate surface area is 188 Å². The molecule has 0 rings (SSSR count). The second-order valence-corrected chi connectivity index (χ2v) is 11.8. The summed E-state index contributed by atoms with van der Waals surface area (Å²) in [6.07, 6.45) is 4.53. The lowest BCUT2D eigenvalue weighted by atomic mass is 9.86. The molecule has 0 saturated heterocycles. The van der Waals surface area contributed by atoms with Crippen LogP contribution in [0.25, 0.3) is 0 Å². The van der Waals surface area contributed by atoms with Gasteiger partial charge in [-0.1, -0.05) is 54.4 Å². The molecule has 1 atom stereocenters. The number of Topliss-reactive ketones (excluding diaryl/α,β-unsaturated/α-hetero) is 1. The third-order valence-corrected chi connectivity index (χ3v) is 6.23. The Morgan fingerprint density at radius 1 is 0.933 bits per heavy atom. The van der Waals surface area contributed by atoms with Crippen molar-refractivity contribution in [3.63, 3.8) is 0 Å². The number of carbonyl (C=O) groups excluding carboxylic acids is 3. The van der Waals surface area contributed by atoms with Crippen LogP contribution in [-0.2, 0) is 14.4 Å². The number of likely N-dealkylation sites (N-methyl/N-ethyl adjacent to an activating group) is 2. The van der Waals surface area contributed by atoms with Crippen LogP contribution in [-0.4, -0.2) is 66.2 Å². The van der Waals surface area contributed by atoms with Gasteiger partial charge in [0.05, 0.1) is 0 Å². The molecule has 0 aliphatic carbocycles. The van der Waals surface area contributed by atoms with Crippen LogP contribution in [0.4, 0.5) is 0 Å². The topological polar surface area (TPSA) is 78.5 Å². The molecular weight excluding hydrogens is 398 g/mol. The zero-order chi connectivity index (χ0) is 23.4. The van der Waals surface area contributed by atoms with Gasteiger partial charge in [-0.25, -0.2) is 0 Å². The fourth-order valence-corrected chi connectivity index (χ4v) is 3.74. The first-order chi connectivity index (χ1) is 13.8. The van der Waals surface area contributed by atoms with Crippen molar-refractivity contribution in [2.45, 2.75) is 90.9 Å². The third kappa shape index (κ3) is 13.3. The van der Waals surface area contributed by atoms with Crippen molar-refractivity contribution in [1.29, 1.82) is 0 Å². The van der Waals surface area contributed by atoms with Crippen LogP contribution in [0.5, 0.6) is 0 Å². The molecule has 0 spiro atoms. The van der Waals surface area contributed by atoms with Gasteiger partial charge in [-0.3, -0.25) is 14.4 Å².